The van der Waals surface area contributed by atoms with E-state index in [9.17, 15) is 19.2 Å². The number of alkyl carbamates (subject to hydrolysis) is 2. The van der Waals surface area contributed by atoms with Gasteiger partial charge in [-0.25, -0.2) is 28.9 Å². The van der Waals surface area contributed by atoms with Gasteiger partial charge in [-0.3, -0.25) is 9.59 Å². The minimum Gasteiger partial charge on any atom is -0.465 e. The largest absolute Gasteiger partial charge is 0.465 e. The average Bonchev–Trinajstić information content (AvgIpc) is 4.18. The van der Waals surface area contributed by atoms with E-state index in [0.29, 0.717) is 60.2 Å². The van der Waals surface area contributed by atoms with Gasteiger partial charge in [0.2, 0.25) is 18.0 Å². The fraction of sp³-hybridized carbons (Fsp3) is 0.500. The summed E-state index contributed by atoms with van der Waals surface area (Å²) >= 11 is 1.58. The van der Waals surface area contributed by atoms with E-state index >= 15 is 4.39 Å². The Bertz CT molecular complexity index is 2760. The van der Waals surface area contributed by atoms with Crippen molar-refractivity contribution in [3.63, 3.8) is 0 Å². The van der Waals surface area contributed by atoms with Gasteiger partial charge in [0.1, 0.15) is 35.3 Å². The number of likely N-dealkylation sites (tertiary alicyclic amines) is 2. The summed E-state index contributed by atoms with van der Waals surface area (Å²) in [7, 11) is 2.55. The van der Waals surface area contributed by atoms with Gasteiger partial charge in [-0.15, -0.1) is 11.3 Å². The van der Waals surface area contributed by atoms with Crippen LogP contribution in [0.25, 0.3) is 22.5 Å². The summed E-state index contributed by atoms with van der Waals surface area (Å²) < 4.78 is 33.5. The minimum atomic E-state index is -0.772. The van der Waals surface area contributed by atoms with Gasteiger partial charge in [0.15, 0.2) is 0 Å². The molecule has 0 spiro atoms. The van der Waals surface area contributed by atoms with Crippen LogP contribution in [0.4, 0.5) is 19.7 Å². The maximum Gasteiger partial charge on any atom is 0.407 e. The monoisotopic (exact) mass is 964 g/mol. The molecule has 9 rings (SSSR count). The predicted molar refractivity (Wildman–Crippen MR) is 257 cm³/mol. The molecular formula is C50H61FN10O7S. The Morgan fingerprint density at radius 3 is 1.87 bits per heavy atom. The highest BCUT2D eigenvalue weighted by Crippen LogP contribution is 2.54. The molecule has 366 valence electrons. The summed E-state index contributed by atoms with van der Waals surface area (Å²) in [5, 5.41) is 6.36. The molecule has 69 heavy (non-hydrogen) atoms. The van der Waals surface area contributed by atoms with Crippen molar-refractivity contribution in [1.29, 1.82) is 0 Å². The summed E-state index contributed by atoms with van der Waals surface area (Å²) in [5.74, 6) is 0.530. The van der Waals surface area contributed by atoms with E-state index in [2.05, 4.69) is 58.4 Å². The van der Waals surface area contributed by atoms with Crippen LogP contribution in [0.5, 0.6) is 5.75 Å². The number of nitrogens with zero attached hydrogens (tertiary/aromatic N) is 6. The molecule has 6 atom stereocenters. The molecular weight excluding hydrogens is 904 g/mol. The third kappa shape index (κ3) is 9.00. The predicted octanol–water partition coefficient (Wildman–Crippen LogP) is 8.64. The molecule has 17 nitrogen and oxygen atoms in total. The van der Waals surface area contributed by atoms with Gasteiger partial charge in [-0.1, -0.05) is 54.5 Å². The van der Waals surface area contributed by atoms with Crippen LogP contribution < -0.4 is 20.3 Å². The summed E-state index contributed by atoms with van der Waals surface area (Å²) in [6.07, 6.45) is 6.86. The SMILES string of the molecule is COC(=O)N[C@H](C(=O)N1CCC[C@H]1c1ncc(-c2ccc3c(c2)CC2c4c(F)cc(-c5cnc([C@@H]6CCCN6C(=O)[C@@H](NC(=O)OC)C(C)C)[nH]5)cc4OC(c4cnc(C(C)(C)C)s4)N32)[nH]1)C(C)C. The van der Waals surface area contributed by atoms with Crippen LogP contribution >= 0.6 is 11.3 Å². The van der Waals surface area contributed by atoms with Crippen LogP contribution in [-0.2, 0) is 30.9 Å². The zero-order valence-corrected chi connectivity index (χ0v) is 41.3. The molecule has 2 fully saturated rings. The molecule has 5 aromatic rings. The lowest BCUT2D eigenvalue weighted by Gasteiger charge is -2.40. The number of H-pyrrole nitrogens is 2. The number of halogens is 1. The van der Waals surface area contributed by atoms with Gasteiger partial charge in [-0.05, 0) is 79.3 Å². The Morgan fingerprint density at radius 1 is 0.783 bits per heavy atom. The van der Waals surface area contributed by atoms with Crippen molar-refractivity contribution >= 4 is 41.0 Å². The van der Waals surface area contributed by atoms with Crippen molar-refractivity contribution < 1.29 is 37.8 Å². The summed E-state index contributed by atoms with van der Waals surface area (Å²) in [4.78, 5) is 79.7. The second kappa shape index (κ2) is 18.8. The molecule has 4 amide bonds. The lowest BCUT2D eigenvalue weighted by atomic mass is 9.96. The number of thiazole rings is 1. The number of carbonyl (C=O) groups excluding carboxylic acids is 4. The van der Waals surface area contributed by atoms with Crippen molar-refractivity contribution in [2.75, 3.05) is 32.2 Å². The van der Waals surface area contributed by atoms with Crippen molar-refractivity contribution in [2.24, 2.45) is 11.8 Å². The molecule has 0 bridgehead atoms. The number of aromatic nitrogens is 5. The first-order valence-corrected chi connectivity index (χ1v) is 24.5. The number of aromatic amines is 2. The summed E-state index contributed by atoms with van der Waals surface area (Å²) in [6, 6.07) is 7.02. The normalized spacial score (nSPS) is 20.6. The van der Waals surface area contributed by atoms with E-state index < -0.39 is 42.4 Å². The van der Waals surface area contributed by atoms with Crippen LogP contribution in [0.15, 0.2) is 48.9 Å². The van der Waals surface area contributed by atoms with E-state index in [0.717, 1.165) is 51.7 Å². The first-order chi connectivity index (χ1) is 32.9. The maximum absolute atomic E-state index is 17.0. The molecule has 0 radical (unpaired) electrons. The van der Waals surface area contributed by atoms with Crippen molar-refractivity contribution in [3.8, 4) is 28.3 Å². The lowest BCUT2D eigenvalue weighted by Crippen LogP contribution is -2.51. The second-order valence-corrected chi connectivity index (χ2v) is 21.1. The number of ether oxygens (including phenoxy) is 3. The Hall–Kier alpha value is -6.50. The van der Waals surface area contributed by atoms with Gasteiger partial charge in [-0.2, -0.15) is 0 Å². The van der Waals surface area contributed by atoms with Gasteiger partial charge in [0.05, 0.1) is 71.6 Å². The first-order valence-electron chi connectivity index (χ1n) is 23.7. The summed E-state index contributed by atoms with van der Waals surface area (Å²) in [5.41, 5.74) is 5.01. The zero-order chi connectivity index (χ0) is 49.1. The number of carbonyl (C=O) groups is 4. The van der Waals surface area contributed by atoms with E-state index in [-0.39, 0.29) is 41.1 Å². The molecule has 3 aromatic heterocycles. The quantitative estimate of drug-likeness (QED) is 0.0988. The topological polar surface area (TPSA) is 200 Å². The number of hydrogen-bond acceptors (Lipinski definition) is 12. The number of fused-ring (bicyclic) bond motifs is 5. The van der Waals surface area contributed by atoms with E-state index in [4.69, 9.17) is 29.2 Å². The average molecular weight is 965 g/mol. The highest BCUT2D eigenvalue weighted by Gasteiger charge is 2.46. The molecule has 19 heteroatoms. The Labute approximate surface area is 404 Å². The molecule has 0 saturated carbocycles. The maximum atomic E-state index is 17.0. The van der Waals surface area contributed by atoms with Crippen molar-refractivity contribution in [3.05, 3.63) is 87.4 Å². The lowest BCUT2D eigenvalue weighted by molar-refractivity contribution is -0.136. The highest BCUT2D eigenvalue weighted by molar-refractivity contribution is 7.11. The third-order valence-electron chi connectivity index (χ3n) is 13.7. The van der Waals surface area contributed by atoms with E-state index in [1.807, 2.05) is 46.0 Å². The number of hydrogen-bond donors (Lipinski definition) is 4. The van der Waals surface area contributed by atoms with Crippen LogP contribution in [0.3, 0.4) is 0 Å². The first kappa shape index (κ1) is 47.6. The molecule has 2 saturated heterocycles. The number of amides is 4. The number of imidazole rings is 2. The van der Waals surface area contributed by atoms with Crippen molar-refractivity contribution in [1.82, 2.24) is 45.4 Å². The second-order valence-electron chi connectivity index (χ2n) is 20.1. The molecule has 4 aliphatic rings. The van der Waals surface area contributed by atoms with Crippen molar-refractivity contribution in [2.45, 2.75) is 122 Å². The molecule has 0 aliphatic carbocycles. The zero-order valence-electron chi connectivity index (χ0n) is 40.5. The van der Waals surface area contributed by atoms with Crippen LogP contribution in [0.1, 0.15) is 131 Å². The number of benzene rings is 2. The summed E-state index contributed by atoms with van der Waals surface area (Å²) in [6.45, 7) is 14.9. The van der Waals surface area contributed by atoms with Crippen LogP contribution in [0, 0.1) is 17.7 Å². The van der Waals surface area contributed by atoms with Crippen LogP contribution in [-0.4, -0.2) is 98.1 Å². The number of nitrogens with one attached hydrogen (secondary N) is 4. The van der Waals surface area contributed by atoms with E-state index in [1.165, 1.54) is 20.3 Å². The minimum absolute atomic E-state index is 0.152. The Morgan fingerprint density at radius 2 is 1.35 bits per heavy atom. The molecule has 2 unspecified atom stereocenters. The van der Waals surface area contributed by atoms with Gasteiger partial charge >= 0.3 is 12.2 Å². The van der Waals surface area contributed by atoms with E-state index in [1.54, 1.807) is 33.5 Å². The number of rotatable bonds is 11. The fourth-order valence-corrected chi connectivity index (χ4v) is 11.2. The molecule has 4 N–H and O–H groups in total. The Kier molecular flexibility index (Phi) is 12.9. The van der Waals surface area contributed by atoms with Gasteiger partial charge < -0.3 is 49.5 Å². The van der Waals surface area contributed by atoms with Gasteiger partial charge in [0.25, 0.3) is 0 Å². The number of methoxy groups -OCH3 is 2. The molecule has 7 heterocycles. The standard InChI is InChI=1S/C50H61FN10O7S/c1-25(2)40(57-48(64)66-8)44(62)59-16-10-12-34(59)42-52-22-31(55-42)27-14-15-33-29(18-27)20-36-39-30(51)19-28(21-37(39)68-46(61(33)36)38-24-54-47(69-38)50(5,6)7)32-23-53-43(56-32)35-13-11-17-60(35)45(63)41(26(3)4)58-49(65)67-9/h14-15,18-19,21-26,34-36,40-41,46H,10-13,16-17,20H2,1-9H3,(H,52,55)(H,53,56)(H,57,64)(H,58,65)/t34-,35-,36?,40-,41-,46?/m0/s1. The smallest absolute Gasteiger partial charge is 0.407 e. The highest BCUT2D eigenvalue weighted by atomic mass is 32.1. The van der Waals surface area contributed by atoms with Gasteiger partial charge in [0, 0.05) is 36.0 Å². The van der Waals surface area contributed by atoms with Crippen LogP contribution in [0.2, 0.25) is 0 Å². The number of anilines is 1. The fourth-order valence-electron chi connectivity index (χ4n) is 10.2. The Balaban J connectivity index is 1.01. The molecule has 2 aromatic carbocycles. The molecule has 4 aliphatic heterocycles. The third-order valence-corrected chi connectivity index (χ3v) is 15.2.